The van der Waals surface area contributed by atoms with Crippen LogP contribution in [0.4, 0.5) is 15.3 Å². The zero-order valence-corrected chi connectivity index (χ0v) is 15.2. The number of alkyl carbamates (subject to hydrolysis) is 1. The van der Waals surface area contributed by atoms with Gasteiger partial charge in [-0.1, -0.05) is 12.1 Å². The molecule has 0 unspecified atom stereocenters. The first-order valence-electron chi connectivity index (χ1n) is 8.13. The summed E-state index contributed by atoms with van der Waals surface area (Å²) < 4.78 is 15.2. The molecule has 8 heteroatoms. The van der Waals surface area contributed by atoms with Crippen LogP contribution in [-0.4, -0.2) is 22.8 Å². The van der Waals surface area contributed by atoms with Crippen LogP contribution in [0, 0.1) is 0 Å². The number of hydrogen-bond acceptors (Lipinski definition) is 6. The molecule has 26 heavy (non-hydrogen) atoms. The fourth-order valence-corrected chi connectivity index (χ4v) is 2.03. The molecule has 0 aliphatic carbocycles. The number of benzene rings is 1. The minimum Gasteiger partial charge on any atom is -0.445 e. The van der Waals surface area contributed by atoms with Crippen molar-refractivity contribution in [1.82, 2.24) is 10.3 Å². The smallest absolute Gasteiger partial charge is 0.412 e. The molecule has 2 amide bonds. The second kappa shape index (κ2) is 8.37. The summed E-state index contributed by atoms with van der Waals surface area (Å²) in [4.78, 5) is 27.3. The van der Waals surface area contributed by atoms with Crippen molar-refractivity contribution < 1.29 is 23.5 Å². The molecule has 1 aromatic carbocycles. The van der Waals surface area contributed by atoms with Gasteiger partial charge in [-0.3, -0.25) is 5.32 Å². The number of ether oxygens (including phenoxy) is 2. The Kier molecular flexibility index (Phi) is 6.21. The van der Waals surface area contributed by atoms with Crippen LogP contribution in [0.15, 0.2) is 41.3 Å². The van der Waals surface area contributed by atoms with E-state index in [0.717, 1.165) is 5.56 Å². The second-order valence-corrected chi connectivity index (χ2v) is 6.66. The maximum Gasteiger partial charge on any atom is 0.412 e. The van der Waals surface area contributed by atoms with Crippen LogP contribution in [0.5, 0.6) is 0 Å². The van der Waals surface area contributed by atoms with Crippen molar-refractivity contribution in [3.8, 4) is 0 Å². The van der Waals surface area contributed by atoms with Gasteiger partial charge in [0.25, 0.3) is 0 Å². The summed E-state index contributed by atoms with van der Waals surface area (Å²) in [5.74, 6) is 0.456. The lowest BCUT2D eigenvalue weighted by Crippen LogP contribution is -2.34. The van der Waals surface area contributed by atoms with Crippen molar-refractivity contribution in [2.75, 3.05) is 5.32 Å². The average Bonchev–Trinajstić information content (AvgIpc) is 3.05. The monoisotopic (exact) mass is 361 g/mol. The third kappa shape index (κ3) is 6.46. The fraction of sp³-hybridized carbons (Fsp3) is 0.389. The van der Waals surface area contributed by atoms with Gasteiger partial charge in [0.2, 0.25) is 0 Å². The Bertz CT molecular complexity index is 720. The molecule has 0 saturated heterocycles. The van der Waals surface area contributed by atoms with Gasteiger partial charge in [-0.25, -0.2) is 14.6 Å². The molecule has 0 saturated carbocycles. The number of carbonyl (C=O) groups is 2. The highest BCUT2D eigenvalue weighted by molar-refractivity contribution is 5.84. The molecule has 1 atom stereocenters. The number of hydrogen-bond donors (Lipinski definition) is 2. The molecule has 2 rings (SSSR count). The van der Waals surface area contributed by atoms with Crippen LogP contribution >= 0.6 is 0 Å². The molecule has 0 bridgehead atoms. The third-order valence-corrected chi connectivity index (χ3v) is 3.22. The highest BCUT2D eigenvalue weighted by Gasteiger charge is 2.18. The average molecular weight is 361 g/mol. The van der Waals surface area contributed by atoms with Gasteiger partial charge in [-0.15, -0.1) is 0 Å². The number of nitrogens with zero attached hydrogens (tertiary/aromatic N) is 1. The first kappa shape index (κ1) is 19.3. The first-order chi connectivity index (χ1) is 12.2. The number of nitrogens with one attached hydrogen (secondary N) is 2. The van der Waals surface area contributed by atoms with E-state index in [4.69, 9.17) is 13.9 Å². The zero-order chi connectivity index (χ0) is 19.2. The highest BCUT2D eigenvalue weighted by Crippen LogP contribution is 2.17. The zero-order valence-electron chi connectivity index (χ0n) is 15.2. The van der Waals surface area contributed by atoms with E-state index in [1.807, 2.05) is 6.92 Å². The number of rotatable bonds is 5. The first-order valence-corrected chi connectivity index (χ1v) is 8.13. The van der Waals surface area contributed by atoms with Crippen LogP contribution in [0.2, 0.25) is 0 Å². The minimum atomic E-state index is -0.603. The van der Waals surface area contributed by atoms with Crippen LogP contribution < -0.4 is 10.6 Å². The minimum absolute atomic E-state index is 0.000753. The third-order valence-electron chi connectivity index (χ3n) is 3.22. The van der Waals surface area contributed by atoms with Gasteiger partial charge in [-0.05, 0) is 45.4 Å². The van der Waals surface area contributed by atoms with Gasteiger partial charge in [0.05, 0.1) is 12.2 Å². The Labute approximate surface area is 151 Å². The summed E-state index contributed by atoms with van der Waals surface area (Å²) in [6, 6.07) is 6.80. The molecule has 0 aliphatic rings. The summed E-state index contributed by atoms with van der Waals surface area (Å²) in [6.45, 7) is 7.26. The Morgan fingerprint density at radius 3 is 2.46 bits per heavy atom. The van der Waals surface area contributed by atoms with Crippen molar-refractivity contribution in [3.05, 3.63) is 48.2 Å². The van der Waals surface area contributed by atoms with Crippen molar-refractivity contribution in [1.29, 1.82) is 0 Å². The highest BCUT2D eigenvalue weighted by atomic mass is 16.6. The molecule has 0 fully saturated rings. The summed E-state index contributed by atoms with van der Waals surface area (Å²) in [7, 11) is 0. The molecule has 0 spiro atoms. The molecule has 0 radical (unpaired) electrons. The van der Waals surface area contributed by atoms with Crippen molar-refractivity contribution in [2.24, 2.45) is 0 Å². The second-order valence-electron chi connectivity index (χ2n) is 6.66. The standard InChI is InChI=1S/C18H23N3O5/c1-12(20-17(23)26-18(2,3)4)13-5-7-14(8-6-13)21-16(22)24-10-15-9-19-11-25-15/h5-9,11-12H,10H2,1-4H3,(H,20,23)(H,21,22)/t12-/m0/s1. The predicted molar refractivity (Wildman–Crippen MR) is 94.5 cm³/mol. The maximum absolute atomic E-state index is 11.8. The van der Waals surface area contributed by atoms with E-state index in [-0.39, 0.29) is 12.6 Å². The van der Waals surface area contributed by atoms with Gasteiger partial charge >= 0.3 is 12.2 Å². The topological polar surface area (TPSA) is 103 Å². The van der Waals surface area contributed by atoms with E-state index in [1.165, 1.54) is 12.6 Å². The number of aromatic nitrogens is 1. The summed E-state index contributed by atoms with van der Waals surface area (Å²) >= 11 is 0. The Balaban J connectivity index is 1.83. The lowest BCUT2D eigenvalue weighted by atomic mass is 10.1. The van der Waals surface area contributed by atoms with Crippen LogP contribution in [0.1, 0.15) is 45.1 Å². The van der Waals surface area contributed by atoms with E-state index < -0.39 is 17.8 Å². The van der Waals surface area contributed by atoms with E-state index in [0.29, 0.717) is 11.4 Å². The van der Waals surface area contributed by atoms with Gasteiger partial charge in [0.15, 0.2) is 18.8 Å². The Morgan fingerprint density at radius 2 is 1.88 bits per heavy atom. The number of carbonyl (C=O) groups excluding carboxylic acids is 2. The largest absolute Gasteiger partial charge is 0.445 e. The molecule has 0 aliphatic heterocycles. The summed E-state index contributed by atoms with van der Waals surface area (Å²) in [5.41, 5.74) is 0.890. The van der Waals surface area contributed by atoms with E-state index in [2.05, 4.69) is 15.6 Å². The van der Waals surface area contributed by atoms with E-state index in [9.17, 15) is 9.59 Å². The fourth-order valence-electron chi connectivity index (χ4n) is 2.03. The lowest BCUT2D eigenvalue weighted by molar-refractivity contribution is 0.0508. The summed E-state index contributed by atoms with van der Waals surface area (Å²) in [5, 5.41) is 5.37. The molecule has 2 N–H and O–H groups in total. The molecule has 1 heterocycles. The summed E-state index contributed by atoms with van der Waals surface area (Å²) in [6.07, 6.45) is 1.65. The molecular formula is C18H23N3O5. The normalized spacial score (nSPS) is 12.2. The van der Waals surface area contributed by atoms with E-state index >= 15 is 0 Å². The van der Waals surface area contributed by atoms with Gasteiger partial charge < -0.3 is 19.2 Å². The quantitative estimate of drug-likeness (QED) is 0.834. The molecule has 140 valence electrons. The number of oxazole rings is 1. The molecule has 8 nitrogen and oxygen atoms in total. The van der Waals surface area contributed by atoms with E-state index in [1.54, 1.807) is 45.0 Å². The SMILES string of the molecule is C[C@H](NC(=O)OC(C)(C)C)c1ccc(NC(=O)OCc2cnco2)cc1. The van der Waals surface area contributed by atoms with Crippen molar-refractivity contribution in [2.45, 2.75) is 45.9 Å². The van der Waals surface area contributed by atoms with Crippen LogP contribution in [0.25, 0.3) is 0 Å². The molecule has 2 aromatic rings. The van der Waals surface area contributed by atoms with Gasteiger partial charge in [-0.2, -0.15) is 0 Å². The molecule has 1 aromatic heterocycles. The van der Waals surface area contributed by atoms with Crippen molar-refractivity contribution >= 4 is 17.9 Å². The van der Waals surface area contributed by atoms with Gasteiger partial charge in [0.1, 0.15) is 5.60 Å². The maximum atomic E-state index is 11.8. The predicted octanol–water partition coefficient (Wildman–Crippen LogP) is 4.01. The van der Waals surface area contributed by atoms with Crippen LogP contribution in [-0.2, 0) is 16.1 Å². The number of anilines is 1. The van der Waals surface area contributed by atoms with Crippen molar-refractivity contribution in [3.63, 3.8) is 0 Å². The molecular weight excluding hydrogens is 338 g/mol. The Hall–Kier alpha value is -3.03. The van der Waals surface area contributed by atoms with Crippen LogP contribution in [0.3, 0.4) is 0 Å². The van der Waals surface area contributed by atoms with Gasteiger partial charge in [0, 0.05) is 5.69 Å². The lowest BCUT2D eigenvalue weighted by Gasteiger charge is -2.22. The number of amides is 2. The Morgan fingerprint density at radius 1 is 1.19 bits per heavy atom.